The molecule has 1 atom stereocenters. The first-order valence-electron chi connectivity index (χ1n) is 9.56. The molecule has 1 unspecified atom stereocenters. The van der Waals surface area contributed by atoms with E-state index in [4.69, 9.17) is 4.74 Å². The summed E-state index contributed by atoms with van der Waals surface area (Å²) in [4.78, 5) is 7.89. The second-order valence-corrected chi connectivity index (χ2v) is 6.93. The molecule has 0 aliphatic heterocycles. The Balaban J connectivity index is 1.89. The van der Waals surface area contributed by atoms with Crippen molar-refractivity contribution in [1.29, 1.82) is 0 Å². The molecule has 3 aromatic rings. The molecule has 0 radical (unpaired) electrons. The fraction of sp³-hybridized carbons (Fsp3) is 0.273. The predicted octanol–water partition coefficient (Wildman–Crippen LogP) is 6.47. The van der Waals surface area contributed by atoms with E-state index in [0.29, 0.717) is 17.1 Å². The molecular weight excluding hydrogens is 393 g/mol. The fourth-order valence-electron chi connectivity index (χ4n) is 2.61. The van der Waals surface area contributed by atoms with Crippen LogP contribution in [0.25, 0.3) is 0 Å². The first-order chi connectivity index (χ1) is 14.2. The molecule has 2 aromatic carbocycles. The van der Waals surface area contributed by atoms with Crippen molar-refractivity contribution in [2.24, 2.45) is 0 Å². The van der Waals surface area contributed by atoms with Crippen LogP contribution in [0.3, 0.4) is 0 Å². The van der Waals surface area contributed by atoms with Crippen LogP contribution >= 0.6 is 0 Å². The number of benzene rings is 2. The lowest BCUT2D eigenvalue weighted by atomic mass is 10.2. The molecule has 0 bridgehead atoms. The van der Waals surface area contributed by atoms with Gasteiger partial charge in [0.15, 0.2) is 0 Å². The predicted molar refractivity (Wildman–Crippen MR) is 112 cm³/mol. The number of rotatable bonds is 7. The zero-order valence-corrected chi connectivity index (χ0v) is 16.9. The fourth-order valence-corrected chi connectivity index (χ4v) is 2.61. The third-order valence-corrected chi connectivity index (χ3v) is 4.41. The number of aromatic nitrogens is 2. The molecule has 1 aromatic heterocycles. The van der Waals surface area contributed by atoms with Crippen LogP contribution in [-0.2, 0) is 6.18 Å². The van der Waals surface area contributed by atoms with Gasteiger partial charge in [-0.2, -0.15) is 18.2 Å². The SMILES string of the molecule is CCC(C)Oc1cccc(Nc2nc(Nc3ccc(C)cc3)ncc2C(F)(F)F)c1. The van der Waals surface area contributed by atoms with Gasteiger partial charge in [0.05, 0.1) is 6.10 Å². The number of halogens is 3. The first kappa shape index (κ1) is 21.4. The van der Waals surface area contributed by atoms with Gasteiger partial charge in [0.1, 0.15) is 17.1 Å². The lowest BCUT2D eigenvalue weighted by Gasteiger charge is -2.16. The van der Waals surface area contributed by atoms with Gasteiger partial charge in [-0.25, -0.2) is 4.98 Å². The Labute approximate surface area is 173 Å². The van der Waals surface area contributed by atoms with Crippen LogP contribution in [0.1, 0.15) is 31.4 Å². The zero-order chi connectivity index (χ0) is 21.7. The molecule has 0 amide bonds. The quantitative estimate of drug-likeness (QED) is 0.462. The highest BCUT2D eigenvalue weighted by atomic mass is 19.4. The highest BCUT2D eigenvalue weighted by Gasteiger charge is 2.35. The van der Waals surface area contributed by atoms with Gasteiger partial charge >= 0.3 is 6.18 Å². The van der Waals surface area contributed by atoms with E-state index in [0.717, 1.165) is 18.2 Å². The molecule has 8 heteroatoms. The summed E-state index contributed by atoms with van der Waals surface area (Å²) in [5.74, 6) is 0.282. The normalized spacial score (nSPS) is 12.3. The Morgan fingerprint density at radius 2 is 1.77 bits per heavy atom. The summed E-state index contributed by atoms with van der Waals surface area (Å²) in [7, 11) is 0. The monoisotopic (exact) mass is 416 g/mol. The third kappa shape index (κ3) is 5.62. The highest BCUT2D eigenvalue weighted by molar-refractivity contribution is 5.64. The van der Waals surface area contributed by atoms with Crippen molar-refractivity contribution in [3.05, 3.63) is 65.9 Å². The smallest absolute Gasteiger partial charge is 0.421 e. The van der Waals surface area contributed by atoms with E-state index in [9.17, 15) is 13.2 Å². The first-order valence-corrected chi connectivity index (χ1v) is 9.56. The van der Waals surface area contributed by atoms with E-state index in [1.54, 1.807) is 36.4 Å². The maximum absolute atomic E-state index is 13.5. The number of ether oxygens (including phenoxy) is 1. The Kier molecular flexibility index (Phi) is 6.44. The van der Waals surface area contributed by atoms with E-state index in [1.165, 1.54) is 0 Å². The lowest BCUT2D eigenvalue weighted by molar-refractivity contribution is -0.137. The van der Waals surface area contributed by atoms with Gasteiger partial charge in [0.25, 0.3) is 0 Å². The van der Waals surface area contributed by atoms with Gasteiger partial charge in [-0.05, 0) is 44.5 Å². The Morgan fingerprint density at radius 1 is 1.03 bits per heavy atom. The van der Waals surface area contributed by atoms with Crippen molar-refractivity contribution in [3.63, 3.8) is 0 Å². The molecule has 30 heavy (non-hydrogen) atoms. The van der Waals surface area contributed by atoms with Crippen LogP contribution in [-0.4, -0.2) is 16.1 Å². The molecule has 2 N–H and O–H groups in total. The molecule has 0 aliphatic carbocycles. The van der Waals surface area contributed by atoms with Gasteiger partial charge in [-0.15, -0.1) is 0 Å². The van der Waals surface area contributed by atoms with Crippen LogP contribution in [0.15, 0.2) is 54.7 Å². The number of anilines is 4. The molecular formula is C22H23F3N4O. The largest absolute Gasteiger partial charge is 0.491 e. The summed E-state index contributed by atoms with van der Waals surface area (Å²) in [6.45, 7) is 5.86. The molecule has 0 saturated heterocycles. The standard InChI is InChI=1S/C22H23F3N4O/c1-4-15(3)30-18-7-5-6-17(12-18)27-20-19(22(23,24)25)13-26-21(29-20)28-16-10-8-14(2)9-11-16/h5-13,15H,4H2,1-3H3,(H2,26,27,28,29). The minimum Gasteiger partial charge on any atom is -0.491 e. The van der Waals surface area contributed by atoms with Gasteiger partial charge in [0.2, 0.25) is 5.95 Å². The van der Waals surface area contributed by atoms with Crippen molar-refractivity contribution in [2.75, 3.05) is 10.6 Å². The Hall–Kier alpha value is -3.29. The second-order valence-electron chi connectivity index (χ2n) is 6.93. The number of nitrogens with zero attached hydrogens (tertiary/aromatic N) is 2. The van der Waals surface area contributed by atoms with Crippen LogP contribution in [0.5, 0.6) is 5.75 Å². The van der Waals surface area contributed by atoms with Gasteiger partial charge in [-0.3, -0.25) is 0 Å². The Morgan fingerprint density at radius 3 is 2.43 bits per heavy atom. The minimum absolute atomic E-state index is 0.00431. The second kappa shape index (κ2) is 9.02. The molecule has 0 spiro atoms. The molecule has 158 valence electrons. The topological polar surface area (TPSA) is 59.1 Å². The molecule has 1 heterocycles. The summed E-state index contributed by atoms with van der Waals surface area (Å²) in [5, 5.41) is 5.68. The van der Waals surface area contributed by atoms with Crippen molar-refractivity contribution >= 4 is 23.1 Å². The maximum Gasteiger partial charge on any atom is 0.421 e. The van der Waals surface area contributed by atoms with Crippen molar-refractivity contribution in [3.8, 4) is 5.75 Å². The highest BCUT2D eigenvalue weighted by Crippen LogP contribution is 2.35. The van der Waals surface area contributed by atoms with Crippen molar-refractivity contribution in [2.45, 2.75) is 39.5 Å². The summed E-state index contributed by atoms with van der Waals surface area (Å²) in [6.07, 6.45) is -3.02. The summed E-state index contributed by atoms with van der Waals surface area (Å²) >= 11 is 0. The number of nitrogens with one attached hydrogen (secondary N) is 2. The number of alkyl halides is 3. The van der Waals surface area contributed by atoms with Gasteiger partial charge < -0.3 is 15.4 Å². The molecule has 0 fully saturated rings. The summed E-state index contributed by atoms with van der Waals surface area (Å²) in [6, 6.07) is 14.1. The van der Waals surface area contributed by atoms with E-state index >= 15 is 0 Å². The third-order valence-electron chi connectivity index (χ3n) is 4.41. The molecule has 0 aliphatic rings. The summed E-state index contributed by atoms with van der Waals surface area (Å²) in [5.41, 5.74) is 1.22. The van der Waals surface area contributed by atoms with Crippen molar-refractivity contribution in [1.82, 2.24) is 9.97 Å². The summed E-state index contributed by atoms with van der Waals surface area (Å²) < 4.78 is 46.2. The number of aryl methyl sites for hydroxylation is 1. The molecule has 5 nitrogen and oxygen atoms in total. The van der Waals surface area contributed by atoms with Gasteiger partial charge in [0, 0.05) is 23.6 Å². The minimum atomic E-state index is -4.60. The average molecular weight is 416 g/mol. The lowest BCUT2D eigenvalue weighted by Crippen LogP contribution is -2.13. The van der Waals surface area contributed by atoms with E-state index in [-0.39, 0.29) is 17.9 Å². The van der Waals surface area contributed by atoms with E-state index in [2.05, 4.69) is 20.6 Å². The average Bonchev–Trinajstić information content (AvgIpc) is 2.69. The van der Waals surface area contributed by atoms with E-state index in [1.807, 2.05) is 32.9 Å². The van der Waals surface area contributed by atoms with E-state index < -0.39 is 11.7 Å². The maximum atomic E-state index is 13.5. The molecule has 3 rings (SSSR count). The Bertz CT molecular complexity index is 990. The van der Waals surface area contributed by atoms with Crippen LogP contribution in [0.4, 0.5) is 36.3 Å². The van der Waals surface area contributed by atoms with Crippen LogP contribution < -0.4 is 15.4 Å². The van der Waals surface area contributed by atoms with Crippen LogP contribution in [0.2, 0.25) is 0 Å². The number of hydrogen-bond acceptors (Lipinski definition) is 5. The number of hydrogen-bond donors (Lipinski definition) is 2. The molecule has 0 saturated carbocycles. The van der Waals surface area contributed by atoms with Crippen molar-refractivity contribution < 1.29 is 17.9 Å². The van der Waals surface area contributed by atoms with Crippen LogP contribution in [0, 0.1) is 6.92 Å². The van der Waals surface area contributed by atoms with Gasteiger partial charge in [-0.1, -0.05) is 30.7 Å². The zero-order valence-electron chi connectivity index (χ0n) is 16.9.